The lowest BCUT2D eigenvalue weighted by Gasteiger charge is -2.28. The molecule has 0 amide bonds. The van der Waals surface area contributed by atoms with Gasteiger partial charge in [-0.1, -0.05) is 176 Å². The van der Waals surface area contributed by atoms with Crippen molar-refractivity contribution < 1.29 is 4.42 Å². The fourth-order valence-corrected chi connectivity index (χ4v) is 10.8. The van der Waals surface area contributed by atoms with Gasteiger partial charge in [-0.2, -0.15) is 0 Å². The van der Waals surface area contributed by atoms with Crippen molar-refractivity contribution in [1.82, 2.24) is 4.57 Å². The minimum absolute atomic E-state index is 0.891. The van der Waals surface area contributed by atoms with Crippen molar-refractivity contribution in [3.05, 3.63) is 255 Å². The molecule has 0 N–H and O–H groups in total. The second-order valence-electron chi connectivity index (χ2n) is 18.1. The highest BCUT2D eigenvalue weighted by atomic mass is 16.3. The van der Waals surface area contributed by atoms with Crippen molar-refractivity contribution in [1.29, 1.82) is 0 Å². The zero-order valence-corrected chi connectivity index (χ0v) is 37.6. The molecule has 0 bridgehead atoms. The molecule has 0 aliphatic carbocycles. The largest absolute Gasteiger partial charge is 0.455 e. The number of aromatic nitrogens is 1. The maximum Gasteiger partial charge on any atom is 0.143 e. The lowest BCUT2D eigenvalue weighted by Crippen LogP contribution is -2.11. The molecule has 14 rings (SSSR count). The minimum Gasteiger partial charge on any atom is -0.455 e. The van der Waals surface area contributed by atoms with E-state index in [1.54, 1.807) is 0 Å². The predicted molar refractivity (Wildman–Crippen MR) is 292 cm³/mol. The first-order valence-corrected chi connectivity index (χ1v) is 23.6. The summed E-state index contributed by atoms with van der Waals surface area (Å²) < 4.78 is 8.99. The van der Waals surface area contributed by atoms with Gasteiger partial charge >= 0.3 is 0 Å². The molecule has 3 heteroatoms. The van der Waals surface area contributed by atoms with Crippen LogP contribution in [-0.2, 0) is 0 Å². The standard InChI is InChI=1S/C66H42N2O/c1-3-16-54-45(12-1)24-25-47-26-27-50(41-61(47)54)55-17-5-8-21-62(55)67(52-36-30-44(31-37-52)49-33-38-59-60-39-32-46-13-2-4-18-56(46)66(60)69-65(59)42-49)51-34-28-43(29-35-51)48-14-11-15-53(40-48)68-63-22-9-6-19-57(63)58-20-7-10-23-64(58)68/h1-42H. The Balaban J connectivity index is 0.878. The molecule has 0 aliphatic rings. The van der Waals surface area contributed by atoms with Gasteiger partial charge in [0, 0.05) is 49.6 Å². The smallest absolute Gasteiger partial charge is 0.143 e. The molecule has 0 saturated carbocycles. The van der Waals surface area contributed by atoms with Gasteiger partial charge in [0.2, 0.25) is 0 Å². The first-order chi connectivity index (χ1) is 34.2. The quantitative estimate of drug-likeness (QED) is 0.149. The molecule has 69 heavy (non-hydrogen) atoms. The molecule has 12 aromatic carbocycles. The lowest BCUT2D eigenvalue weighted by atomic mass is 9.95. The topological polar surface area (TPSA) is 21.3 Å². The second kappa shape index (κ2) is 15.7. The molecular weight excluding hydrogens is 837 g/mol. The Kier molecular flexibility index (Phi) is 8.90. The van der Waals surface area contributed by atoms with Gasteiger partial charge in [0.1, 0.15) is 11.2 Å². The molecule has 0 spiro atoms. The number of hydrogen-bond donors (Lipinski definition) is 0. The molecule has 14 aromatic rings. The van der Waals surface area contributed by atoms with Gasteiger partial charge in [0.05, 0.1) is 16.7 Å². The molecule has 0 fully saturated rings. The molecular formula is C66H42N2O. The van der Waals surface area contributed by atoms with Crippen molar-refractivity contribution in [3.8, 4) is 39.1 Å². The van der Waals surface area contributed by atoms with Gasteiger partial charge in [0.15, 0.2) is 0 Å². The van der Waals surface area contributed by atoms with Gasteiger partial charge in [-0.3, -0.25) is 0 Å². The zero-order chi connectivity index (χ0) is 45.4. The van der Waals surface area contributed by atoms with Crippen molar-refractivity contribution >= 4 is 93.1 Å². The average Bonchev–Trinajstić information content (AvgIpc) is 3.97. The third-order valence-corrected chi connectivity index (χ3v) is 14.2. The van der Waals surface area contributed by atoms with Crippen LogP contribution >= 0.6 is 0 Å². The van der Waals surface area contributed by atoms with E-state index in [-0.39, 0.29) is 0 Å². The summed E-state index contributed by atoms with van der Waals surface area (Å²) in [5, 5.41) is 12.1. The van der Waals surface area contributed by atoms with Crippen LogP contribution in [0.3, 0.4) is 0 Å². The third-order valence-electron chi connectivity index (χ3n) is 14.2. The Bertz CT molecular complexity index is 4260. The van der Waals surface area contributed by atoms with Crippen LogP contribution in [0.5, 0.6) is 0 Å². The van der Waals surface area contributed by atoms with E-state index in [9.17, 15) is 0 Å². The summed E-state index contributed by atoms with van der Waals surface area (Å²) in [6, 6.07) is 92.6. The Hall–Kier alpha value is -9.18. The van der Waals surface area contributed by atoms with E-state index in [0.717, 1.165) is 77.9 Å². The van der Waals surface area contributed by atoms with E-state index >= 15 is 0 Å². The Morgan fingerprint density at radius 1 is 0.304 bits per heavy atom. The van der Waals surface area contributed by atoms with Crippen molar-refractivity contribution in [2.75, 3.05) is 4.90 Å². The number of nitrogens with zero attached hydrogens (tertiary/aromatic N) is 2. The van der Waals surface area contributed by atoms with E-state index in [0.29, 0.717) is 0 Å². The summed E-state index contributed by atoms with van der Waals surface area (Å²) in [5.74, 6) is 0. The first-order valence-electron chi connectivity index (χ1n) is 23.6. The molecule has 2 heterocycles. The van der Waals surface area contributed by atoms with Crippen molar-refractivity contribution in [2.24, 2.45) is 0 Å². The summed E-state index contributed by atoms with van der Waals surface area (Å²) in [6.07, 6.45) is 0. The van der Waals surface area contributed by atoms with Crippen LogP contribution in [0.4, 0.5) is 17.1 Å². The van der Waals surface area contributed by atoms with Crippen LogP contribution in [0.25, 0.3) is 115 Å². The fraction of sp³-hybridized carbons (Fsp3) is 0. The Labute approximate surface area is 399 Å². The molecule has 0 atom stereocenters. The van der Waals surface area contributed by atoms with Crippen LogP contribution in [0.15, 0.2) is 259 Å². The highest BCUT2D eigenvalue weighted by molar-refractivity contribution is 6.15. The van der Waals surface area contributed by atoms with Crippen molar-refractivity contribution in [2.45, 2.75) is 0 Å². The maximum atomic E-state index is 6.60. The monoisotopic (exact) mass is 878 g/mol. The lowest BCUT2D eigenvalue weighted by molar-refractivity contribution is 0.673. The summed E-state index contributed by atoms with van der Waals surface area (Å²) >= 11 is 0. The highest BCUT2D eigenvalue weighted by Gasteiger charge is 2.20. The number of benzene rings is 12. The molecule has 322 valence electrons. The average molecular weight is 879 g/mol. The summed E-state index contributed by atoms with van der Waals surface area (Å²) in [5.41, 5.74) is 15.5. The number of hydrogen-bond acceptors (Lipinski definition) is 2. The van der Waals surface area contributed by atoms with E-state index in [1.807, 2.05) is 0 Å². The van der Waals surface area contributed by atoms with E-state index in [4.69, 9.17) is 4.42 Å². The van der Waals surface area contributed by atoms with E-state index in [1.165, 1.54) is 54.3 Å². The number of fused-ring (bicyclic) bond motifs is 11. The zero-order valence-electron chi connectivity index (χ0n) is 37.6. The third kappa shape index (κ3) is 6.43. The SMILES string of the molecule is c1cc(-c2ccc(N(c3ccc(-c4ccc5c(c4)oc4c6ccccc6ccc54)cc3)c3ccccc3-c3ccc4ccc5ccccc5c4c3)cc2)cc(-n2c3ccccc3c3ccccc32)c1. The summed E-state index contributed by atoms with van der Waals surface area (Å²) in [4.78, 5) is 2.40. The van der Waals surface area contributed by atoms with E-state index < -0.39 is 0 Å². The molecule has 0 aliphatic heterocycles. The number of rotatable bonds is 7. The molecule has 0 radical (unpaired) electrons. The molecule has 2 aromatic heterocycles. The van der Waals surface area contributed by atoms with Crippen molar-refractivity contribution in [3.63, 3.8) is 0 Å². The second-order valence-corrected chi connectivity index (χ2v) is 18.1. The van der Waals surface area contributed by atoms with Gasteiger partial charge in [-0.25, -0.2) is 0 Å². The maximum absolute atomic E-state index is 6.60. The number of anilines is 3. The predicted octanol–water partition coefficient (Wildman–Crippen LogP) is 18.6. The normalized spacial score (nSPS) is 11.8. The Morgan fingerprint density at radius 3 is 1.55 bits per heavy atom. The highest BCUT2D eigenvalue weighted by Crippen LogP contribution is 2.44. The fourth-order valence-electron chi connectivity index (χ4n) is 10.8. The summed E-state index contributed by atoms with van der Waals surface area (Å²) in [6.45, 7) is 0. The van der Waals surface area contributed by atoms with Gasteiger partial charge < -0.3 is 13.9 Å². The molecule has 0 saturated heterocycles. The van der Waals surface area contributed by atoms with Gasteiger partial charge in [-0.15, -0.1) is 0 Å². The van der Waals surface area contributed by atoms with Crippen LogP contribution in [0.1, 0.15) is 0 Å². The van der Waals surface area contributed by atoms with Gasteiger partial charge in [-0.05, 0) is 134 Å². The Morgan fingerprint density at radius 2 is 0.826 bits per heavy atom. The summed E-state index contributed by atoms with van der Waals surface area (Å²) in [7, 11) is 0. The molecule has 3 nitrogen and oxygen atoms in total. The first kappa shape index (κ1) is 39.0. The van der Waals surface area contributed by atoms with Crippen LogP contribution in [0.2, 0.25) is 0 Å². The van der Waals surface area contributed by atoms with Crippen LogP contribution in [0, 0.1) is 0 Å². The molecule has 0 unspecified atom stereocenters. The van der Waals surface area contributed by atoms with Crippen LogP contribution in [-0.4, -0.2) is 4.57 Å². The number of furan rings is 1. The van der Waals surface area contributed by atoms with Gasteiger partial charge in [0.25, 0.3) is 0 Å². The van der Waals surface area contributed by atoms with E-state index in [2.05, 4.69) is 264 Å². The minimum atomic E-state index is 0.891. The van der Waals surface area contributed by atoms with Crippen LogP contribution < -0.4 is 4.90 Å². The number of para-hydroxylation sites is 3.